The second kappa shape index (κ2) is 11.1. The number of aryl methyl sites for hydroxylation is 1. The van der Waals surface area contributed by atoms with Crippen LogP contribution in [0.4, 0.5) is 4.39 Å². The number of hydrogen-bond donors (Lipinski definition) is 1. The number of thiazole rings is 1. The van der Waals surface area contributed by atoms with Crippen molar-refractivity contribution in [1.29, 1.82) is 0 Å². The predicted molar refractivity (Wildman–Crippen MR) is 148 cm³/mol. The Bertz CT molecular complexity index is 1460. The van der Waals surface area contributed by atoms with Gasteiger partial charge in [-0.1, -0.05) is 47.6 Å². The van der Waals surface area contributed by atoms with Crippen LogP contribution in [0.5, 0.6) is 0 Å². The molecule has 0 radical (unpaired) electrons. The molecule has 0 bridgehead atoms. The van der Waals surface area contributed by atoms with E-state index in [1.807, 2.05) is 49.1 Å². The van der Waals surface area contributed by atoms with E-state index in [2.05, 4.69) is 15.5 Å². The minimum absolute atomic E-state index is 0.0753. The van der Waals surface area contributed by atoms with E-state index in [0.29, 0.717) is 42.2 Å². The molecule has 3 heterocycles. The third-order valence-corrected chi connectivity index (χ3v) is 8.03. The Morgan fingerprint density at radius 3 is 2.49 bits per heavy atom. The molecule has 39 heavy (non-hydrogen) atoms. The van der Waals surface area contributed by atoms with Crippen LogP contribution < -0.4 is 5.32 Å². The summed E-state index contributed by atoms with van der Waals surface area (Å²) in [4.78, 5) is 32.9. The molecule has 0 atom stereocenters. The van der Waals surface area contributed by atoms with Crippen molar-refractivity contribution in [2.45, 2.75) is 51.5 Å². The van der Waals surface area contributed by atoms with E-state index in [1.165, 1.54) is 23.5 Å². The number of nitrogens with one attached hydrogen (secondary N) is 1. The van der Waals surface area contributed by atoms with Crippen LogP contribution in [0.15, 0.2) is 64.5 Å². The number of amides is 2. The summed E-state index contributed by atoms with van der Waals surface area (Å²) < 4.78 is 18.6. The van der Waals surface area contributed by atoms with Crippen molar-refractivity contribution in [3.8, 4) is 11.3 Å². The summed E-state index contributed by atoms with van der Waals surface area (Å²) in [6, 6.07) is 15.9. The molecule has 4 aromatic rings. The zero-order chi connectivity index (χ0) is 27.6. The standard InChI is InChI=1S/C30H31FN4O3S/c1-19-25(26(34-38-19)21-7-5-4-6-8-21)29(37)35-15-13-22(14-16-35)28-32-24(18-39-28)27(36)33-30(2,3)17-20-9-11-23(31)12-10-20/h4-12,18,22H,13-17H2,1-3H3,(H,33,36). The van der Waals surface area contributed by atoms with E-state index in [0.717, 1.165) is 29.0 Å². The molecule has 7 nitrogen and oxygen atoms in total. The van der Waals surface area contributed by atoms with Crippen LogP contribution in [0.25, 0.3) is 11.3 Å². The quantitative estimate of drug-likeness (QED) is 0.306. The number of benzene rings is 2. The normalized spacial score (nSPS) is 14.4. The zero-order valence-electron chi connectivity index (χ0n) is 22.2. The zero-order valence-corrected chi connectivity index (χ0v) is 23.1. The molecule has 2 aromatic carbocycles. The second-order valence-corrected chi connectivity index (χ2v) is 11.5. The minimum atomic E-state index is -0.525. The van der Waals surface area contributed by atoms with E-state index in [4.69, 9.17) is 4.52 Å². The van der Waals surface area contributed by atoms with Gasteiger partial charge in [-0.05, 0) is 57.7 Å². The Balaban J connectivity index is 1.19. The Kier molecular flexibility index (Phi) is 7.61. The third-order valence-electron chi connectivity index (χ3n) is 7.02. The fourth-order valence-corrected chi connectivity index (χ4v) is 5.98. The first-order chi connectivity index (χ1) is 18.7. The highest BCUT2D eigenvalue weighted by Gasteiger charge is 2.31. The van der Waals surface area contributed by atoms with E-state index in [1.54, 1.807) is 24.4 Å². The maximum Gasteiger partial charge on any atom is 0.271 e. The molecular weight excluding hydrogens is 515 g/mol. The van der Waals surface area contributed by atoms with Crippen LogP contribution >= 0.6 is 11.3 Å². The van der Waals surface area contributed by atoms with Crippen molar-refractivity contribution in [2.75, 3.05) is 13.1 Å². The molecule has 2 amide bonds. The molecule has 5 rings (SSSR count). The first kappa shape index (κ1) is 26.7. The number of nitrogens with zero attached hydrogens (tertiary/aromatic N) is 3. The average Bonchev–Trinajstić information content (AvgIpc) is 3.57. The van der Waals surface area contributed by atoms with Gasteiger partial charge in [0.05, 0.1) is 5.01 Å². The van der Waals surface area contributed by atoms with Gasteiger partial charge in [-0.25, -0.2) is 9.37 Å². The molecule has 9 heteroatoms. The van der Waals surface area contributed by atoms with Gasteiger partial charge in [-0.15, -0.1) is 11.3 Å². The molecule has 0 unspecified atom stereocenters. The van der Waals surface area contributed by atoms with Crippen molar-refractivity contribution in [1.82, 2.24) is 20.4 Å². The number of halogens is 1. The van der Waals surface area contributed by atoms with Gasteiger partial charge in [0.1, 0.15) is 28.5 Å². The smallest absolute Gasteiger partial charge is 0.271 e. The molecule has 1 aliphatic heterocycles. The topological polar surface area (TPSA) is 88.3 Å². The average molecular weight is 547 g/mol. The van der Waals surface area contributed by atoms with Crippen molar-refractivity contribution < 1.29 is 18.5 Å². The van der Waals surface area contributed by atoms with E-state index < -0.39 is 5.54 Å². The monoisotopic (exact) mass is 546 g/mol. The Morgan fingerprint density at radius 1 is 1.10 bits per heavy atom. The van der Waals surface area contributed by atoms with Gasteiger partial charge in [0.25, 0.3) is 11.8 Å². The van der Waals surface area contributed by atoms with Crippen LogP contribution in [0.3, 0.4) is 0 Å². The molecule has 1 aliphatic rings. The highest BCUT2D eigenvalue weighted by molar-refractivity contribution is 7.09. The van der Waals surface area contributed by atoms with Crippen LogP contribution in [0, 0.1) is 12.7 Å². The molecule has 1 fully saturated rings. The van der Waals surface area contributed by atoms with Gasteiger partial charge in [0.2, 0.25) is 0 Å². The summed E-state index contributed by atoms with van der Waals surface area (Å²) in [5.74, 6) is 0.113. The van der Waals surface area contributed by atoms with Gasteiger partial charge in [0.15, 0.2) is 0 Å². The lowest BCUT2D eigenvalue weighted by Gasteiger charge is -2.31. The summed E-state index contributed by atoms with van der Waals surface area (Å²) in [6.07, 6.45) is 2.10. The summed E-state index contributed by atoms with van der Waals surface area (Å²) in [7, 11) is 0. The summed E-state index contributed by atoms with van der Waals surface area (Å²) in [5, 5.41) is 9.92. The highest BCUT2D eigenvalue weighted by Crippen LogP contribution is 2.33. The number of piperidine rings is 1. The van der Waals surface area contributed by atoms with E-state index in [-0.39, 0.29) is 23.5 Å². The number of rotatable bonds is 7. The second-order valence-electron chi connectivity index (χ2n) is 10.6. The molecule has 2 aromatic heterocycles. The van der Waals surface area contributed by atoms with Crippen molar-refractivity contribution in [3.63, 3.8) is 0 Å². The lowest BCUT2D eigenvalue weighted by Crippen LogP contribution is -2.45. The molecule has 1 N–H and O–H groups in total. The van der Waals surface area contributed by atoms with Gasteiger partial charge < -0.3 is 14.7 Å². The van der Waals surface area contributed by atoms with Crippen molar-refractivity contribution in [3.05, 3.63) is 93.4 Å². The maximum atomic E-state index is 13.4. The number of carbonyl (C=O) groups excluding carboxylic acids is 2. The molecule has 0 aliphatic carbocycles. The summed E-state index contributed by atoms with van der Waals surface area (Å²) in [6.45, 7) is 6.83. The molecule has 1 saturated heterocycles. The number of likely N-dealkylation sites (tertiary alicyclic amines) is 1. The van der Waals surface area contributed by atoms with Crippen LogP contribution in [-0.2, 0) is 6.42 Å². The van der Waals surface area contributed by atoms with E-state index >= 15 is 0 Å². The summed E-state index contributed by atoms with van der Waals surface area (Å²) in [5.41, 5.74) is 2.74. The van der Waals surface area contributed by atoms with Gasteiger partial charge in [-0.2, -0.15) is 0 Å². The Morgan fingerprint density at radius 2 is 1.79 bits per heavy atom. The van der Waals surface area contributed by atoms with Crippen LogP contribution in [0.1, 0.15) is 69.8 Å². The summed E-state index contributed by atoms with van der Waals surface area (Å²) >= 11 is 1.48. The molecular formula is C30H31FN4O3S. The number of hydrogen-bond acceptors (Lipinski definition) is 6. The van der Waals surface area contributed by atoms with Crippen LogP contribution in [-0.4, -0.2) is 45.5 Å². The number of carbonyl (C=O) groups is 2. The van der Waals surface area contributed by atoms with Crippen molar-refractivity contribution in [2.24, 2.45) is 0 Å². The fraction of sp³-hybridized carbons (Fsp3) is 0.333. The lowest BCUT2D eigenvalue weighted by molar-refractivity contribution is 0.0711. The first-order valence-corrected chi connectivity index (χ1v) is 13.9. The van der Waals surface area contributed by atoms with E-state index in [9.17, 15) is 14.0 Å². The molecule has 0 saturated carbocycles. The van der Waals surface area contributed by atoms with Crippen LogP contribution in [0.2, 0.25) is 0 Å². The lowest BCUT2D eigenvalue weighted by atomic mass is 9.94. The van der Waals surface area contributed by atoms with Gasteiger partial charge in [-0.3, -0.25) is 9.59 Å². The minimum Gasteiger partial charge on any atom is -0.360 e. The molecule has 202 valence electrons. The SMILES string of the molecule is Cc1onc(-c2ccccc2)c1C(=O)N1CCC(c2nc(C(=O)NC(C)(C)Cc3ccc(F)cc3)cs2)CC1. The van der Waals surface area contributed by atoms with Crippen molar-refractivity contribution >= 4 is 23.2 Å². The predicted octanol–water partition coefficient (Wildman–Crippen LogP) is 6.02. The maximum absolute atomic E-state index is 13.4. The molecule has 0 spiro atoms. The largest absolute Gasteiger partial charge is 0.360 e. The van der Waals surface area contributed by atoms with Gasteiger partial charge in [0, 0.05) is 35.5 Å². The number of aromatic nitrogens is 2. The van der Waals surface area contributed by atoms with Gasteiger partial charge >= 0.3 is 0 Å². The fourth-order valence-electron chi connectivity index (χ4n) is 5.01. The third kappa shape index (κ3) is 6.09. The Hall–Kier alpha value is -3.85. The Labute approximate surface area is 231 Å². The highest BCUT2D eigenvalue weighted by atomic mass is 32.1. The first-order valence-electron chi connectivity index (χ1n) is 13.0.